The van der Waals surface area contributed by atoms with Gasteiger partial charge >= 0.3 is 0 Å². The van der Waals surface area contributed by atoms with Crippen molar-refractivity contribution in [1.29, 1.82) is 0 Å². The summed E-state index contributed by atoms with van der Waals surface area (Å²) in [6.07, 6.45) is 0. The van der Waals surface area contributed by atoms with Gasteiger partial charge in [-0.1, -0.05) is 6.07 Å². The molecule has 104 valence electrons. The van der Waals surface area contributed by atoms with E-state index in [-0.39, 0.29) is 12.5 Å². The predicted octanol–water partition coefficient (Wildman–Crippen LogP) is 2.30. The lowest BCUT2D eigenvalue weighted by atomic mass is 10.2. The van der Waals surface area contributed by atoms with Crippen LogP contribution >= 0.6 is 11.3 Å². The molecule has 1 aliphatic heterocycles. The predicted molar refractivity (Wildman–Crippen MR) is 81.4 cm³/mol. The van der Waals surface area contributed by atoms with Crippen LogP contribution in [0, 0.1) is 0 Å². The summed E-state index contributed by atoms with van der Waals surface area (Å²) in [5.74, 6) is 0.476. The Kier molecular flexibility index (Phi) is 3.23. The molecule has 0 atom stereocenters. The Bertz CT molecular complexity index is 640. The van der Waals surface area contributed by atoms with Crippen LogP contribution in [0.4, 0.5) is 17.1 Å². The van der Waals surface area contributed by atoms with E-state index in [0.29, 0.717) is 17.1 Å². The minimum Gasteiger partial charge on any atom is -0.482 e. The lowest BCUT2D eigenvalue weighted by Crippen LogP contribution is -2.26. The molecule has 0 saturated heterocycles. The van der Waals surface area contributed by atoms with Crippen LogP contribution in [0.15, 0.2) is 29.6 Å². The van der Waals surface area contributed by atoms with E-state index in [0.717, 1.165) is 12.2 Å². The molecule has 1 aliphatic rings. The van der Waals surface area contributed by atoms with Crippen LogP contribution in [0.3, 0.4) is 0 Å². The van der Waals surface area contributed by atoms with Crippen molar-refractivity contribution >= 4 is 34.3 Å². The molecule has 3 N–H and O–H groups in total. The first-order valence-electron chi connectivity index (χ1n) is 6.23. The number of hydrogen-bond donors (Lipinski definition) is 2. The normalized spacial score (nSPS) is 13.3. The molecule has 2 heterocycles. The van der Waals surface area contributed by atoms with Gasteiger partial charge in [-0.15, -0.1) is 11.3 Å². The monoisotopic (exact) mass is 289 g/mol. The molecule has 6 heteroatoms. The highest BCUT2D eigenvalue weighted by Gasteiger charge is 2.19. The SMILES string of the molecule is CN(Cc1cccs1)c1cc2c(cc1N)OCC(=O)N2. The second-order valence-corrected chi connectivity index (χ2v) is 5.71. The van der Waals surface area contributed by atoms with Gasteiger partial charge in [-0.25, -0.2) is 0 Å². The number of amides is 1. The van der Waals surface area contributed by atoms with Crippen molar-refractivity contribution in [2.24, 2.45) is 0 Å². The van der Waals surface area contributed by atoms with Gasteiger partial charge in [0.1, 0.15) is 5.75 Å². The minimum absolute atomic E-state index is 0.0385. The lowest BCUT2D eigenvalue weighted by Gasteiger charge is -2.24. The smallest absolute Gasteiger partial charge is 0.262 e. The van der Waals surface area contributed by atoms with Gasteiger partial charge in [0.2, 0.25) is 0 Å². The Morgan fingerprint density at radius 2 is 2.35 bits per heavy atom. The summed E-state index contributed by atoms with van der Waals surface area (Å²) < 4.78 is 5.35. The molecule has 2 aromatic rings. The second kappa shape index (κ2) is 5.05. The molecule has 1 aromatic heterocycles. The Hall–Kier alpha value is -2.21. The van der Waals surface area contributed by atoms with Crippen LogP contribution in [0.5, 0.6) is 5.75 Å². The van der Waals surface area contributed by atoms with Gasteiger partial charge in [-0.05, 0) is 17.5 Å². The maximum absolute atomic E-state index is 11.4. The third-order valence-corrected chi connectivity index (χ3v) is 4.01. The van der Waals surface area contributed by atoms with Crippen molar-refractivity contribution in [2.45, 2.75) is 6.54 Å². The molecule has 1 amide bonds. The quantitative estimate of drug-likeness (QED) is 0.851. The lowest BCUT2D eigenvalue weighted by molar-refractivity contribution is -0.118. The average molecular weight is 289 g/mol. The summed E-state index contributed by atoms with van der Waals surface area (Å²) in [6, 6.07) is 7.73. The number of carbonyl (C=O) groups excluding carboxylic acids is 1. The van der Waals surface area contributed by atoms with Gasteiger partial charge < -0.3 is 20.7 Å². The molecule has 20 heavy (non-hydrogen) atoms. The van der Waals surface area contributed by atoms with Crippen molar-refractivity contribution < 1.29 is 9.53 Å². The summed E-state index contributed by atoms with van der Waals surface area (Å²) in [7, 11) is 1.98. The summed E-state index contributed by atoms with van der Waals surface area (Å²) in [5, 5.41) is 4.85. The van der Waals surface area contributed by atoms with Gasteiger partial charge in [-0.2, -0.15) is 0 Å². The number of nitrogens with zero attached hydrogens (tertiary/aromatic N) is 1. The largest absolute Gasteiger partial charge is 0.482 e. The fourth-order valence-electron chi connectivity index (χ4n) is 2.18. The number of nitrogens with two attached hydrogens (primary N) is 1. The van der Waals surface area contributed by atoms with Crippen LogP contribution in [0.1, 0.15) is 4.88 Å². The molecule has 0 bridgehead atoms. The van der Waals surface area contributed by atoms with E-state index in [1.165, 1.54) is 4.88 Å². The highest BCUT2D eigenvalue weighted by Crippen LogP contribution is 2.37. The number of hydrogen-bond acceptors (Lipinski definition) is 5. The highest BCUT2D eigenvalue weighted by molar-refractivity contribution is 7.09. The van der Waals surface area contributed by atoms with E-state index in [1.54, 1.807) is 17.4 Å². The molecular formula is C14H15N3O2S. The zero-order chi connectivity index (χ0) is 14.1. The van der Waals surface area contributed by atoms with Crippen molar-refractivity contribution in [3.8, 4) is 5.75 Å². The Morgan fingerprint density at radius 1 is 1.50 bits per heavy atom. The van der Waals surface area contributed by atoms with Gasteiger partial charge in [0.25, 0.3) is 5.91 Å². The van der Waals surface area contributed by atoms with Gasteiger partial charge in [0.15, 0.2) is 6.61 Å². The number of nitrogen functional groups attached to an aromatic ring is 1. The molecule has 1 aromatic carbocycles. The first kappa shape index (κ1) is 12.8. The number of thiophene rings is 1. The van der Waals surface area contributed by atoms with E-state index in [2.05, 4.69) is 16.3 Å². The number of ether oxygens (including phenoxy) is 1. The molecule has 0 fully saturated rings. The number of anilines is 3. The first-order valence-corrected chi connectivity index (χ1v) is 7.11. The number of rotatable bonds is 3. The van der Waals surface area contributed by atoms with Crippen LogP contribution in [-0.4, -0.2) is 19.6 Å². The summed E-state index contributed by atoms with van der Waals surface area (Å²) in [4.78, 5) is 14.7. The topological polar surface area (TPSA) is 67.6 Å². The van der Waals surface area contributed by atoms with E-state index in [9.17, 15) is 4.79 Å². The molecule has 0 spiro atoms. The Balaban J connectivity index is 1.89. The van der Waals surface area contributed by atoms with Crippen molar-refractivity contribution in [3.05, 3.63) is 34.5 Å². The van der Waals surface area contributed by atoms with Crippen molar-refractivity contribution in [1.82, 2.24) is 0 Å². The van der Waals surface area contributed by atoms with Crippen LogP contribution in [0.2, 0.25) is 0 Å². The Morgan fingerprint density at radius 3 is 3.10 bits per heavy atom. The maximum atomic E-state index is 11.4. The summed E-state index contributed by atoms with van der Waals surface area (Å²) in [6.45, 7) is 0.812. The molecular weight excluding hydrogens is 274 g/mol. The average Bonchev–Trinajstić information content (AvgIpc) is 2.91. The van der Waals surface area contributed by atoms with Crippen LogP contribution < -0.4 is 20.7 Å². The first-order chi connectivity index (χ1) is 9.63. The summed E-state index contributed by atoms with van der Waals surface area (Å²) >= 11 is 1.70. The fraction of sp³-hybridized carbons (Fsp3) is 0.214. The van der Waals surface area contributed by atoms with Crippen LogP contribution in [-0.2, 0) is 11.3 Å². The van der Waals surface area contributed by atoms with Crippen LogP contribution in [0.25, 0.3) is 0 Å². The maximum Gasteiger partial charge on any atom is 0.262 e. The van der Waals surface area contributed by atoms with E-state index in [4.69, 9.17) is 10.5 Å². The summed E-state index contributed by atoms with van der Waals surface area (Å²) in [5.41, 5.74) is 8.26. The Labute approximate surface area is 121 Å². The van der Waals surface area contributed by atoms with E-state index >= 15 is 0 Å². The molecule has 0 saturated carbocycles. The van der Waals surface area contributed by atoms with E-state index < -0.39 is 0 Å². The highest BCUT2D eigenvalue weighted by atomic mass is 32.1. The third kappa shape index (κ3) is 2.42. The van der Waals surface area contributed by atoms with Crippen molar-refractivity contribution in [3.63, 3.8) is 0 Å². The molecule has 0 aliphatic carbocycles. The molecule has 0 unspecified atom stereocenters. The third-order valence-electron chi connectivity index (χ3n) is 3.15. The number of fused-ring (bicyclic) bond motifs is 1. The number of nitrogens with one attached hydrogen (secondary N) is 1. The van der Waals surface area contributed by atoms with Crippen molar-refractivity contribution in [2.75, 3.05) is 29.6 Å². The number of carbonyl (C=O) groups is 1. The molecule has 3 rings (SSSR count). The van der Waals surface area contributed by atoms with Gasteiger partial charge in [0, 0.05) is 18.0 Å². The zero-order valence-electron chi connectivity index (χ0n) is 11.1. The zero-order valence-corrected chi connectivity index (χ0v) is 11.9. The molecule has 5 nitrogen and oxygen atoms in total. The minimum atomic E-state index is -0.144. The number of benzene rings is 1. The van der Waals surface area contributed by atoms with Gasteiger partial charge in [0.05, 0.1) is 23.6 Å². The molecule has 0 radical (unpaired) electrons. The van der Waals surface area contributed by atoms with E-state index in [1.807, 2.05) is 24.6 Å². The second-order valence-electron chi connectivity index (χ2n) is 4.68. The van der Waals surface area contributed by atoms with Gasteiger partial charge in [-0.3, -0.25) is 4.79 Å². The standard InChI is InChI=1S/C14H15N3O2S/c1-17(7-9-3-2-4-20-9)12-6-11-13(5-10(12)15)19-8-14(18)16-11/h2-6H,7-8,15H2,1H3,(H,16,18). The fourth-order valence-corrected chi connectivity index (χ4v) is 2.94.